The van der Waals surface area contributed by atoms with E-state index in [9.17, 15) is 9.90 Å². The van der Waals surface area contributed by atoms with Gasteiger partial charge >= 0.3 is 0 Å². The normalized spacial score (nSPS) is 13.0. The van der Waals surface area contributed by atoms with E-state index in [1.807, 2.05) is 71.0 Å². The molecule has 3 rings (SSSR count). The van der Waals surface area contributed by atoms with Gasteiger partial charge in [0, 0.05) is 18.3 Å². The van der Waals surface area contributed by atoms with Crippen LogP contribution >= 0.6 is 0 Å². The van der Waals surface area contributed by atoms with Gasteiger partial charge in [-0.15, -0.1) is 0 Å². The van der Waals surface area contributed by atoms with Crippen LogP contribution in [0.1, 0.15) is 65.5 Å². The van der Waals surface area contributed by atoms with E-state index in [4.69, 9.17) is 4.52 Å². The molecule has 188 valence electrons. The van der Waals surface area contributed by atoms with Crippen molar-refractivity contribution in [2.45, 2.75) is 61.0 Å². The third-order valence-corrected chi connectivity index (χ3v) is 5.30. The highest BCUT2D eigenvalue weighted by molar-refractivity contribution is 5.72. The second kappa shape index (κ2) is 12.3. The number of aromatic nitrogens is 3. The summed E-state index contributed by atoms with van der Waals surface area (Å²) in [6.07, 6.45) is 4.31. The molecule has 0 fully saturated rings. The summed E-state index contributed by atoms with van der Waals surface area (Å²) < 4.78 is 6.82. The van der Waals surface area contributed by atoms with E-state index in [0.717, 1.165) is 27.3 Å². The minimum absolute atomic E-state index is 0.0415. The van der Waals surface area contributed by atoms with Gasteiger partial charge < -0.3 is 19.5 Å². The average Bonchev–Trinajstić information content (AvgIpc) is 3.26. The van der Waals surface area contributed by atoms with Gasteiger partial charge in [-0.2, -0.15) is 4.98 Å². The van der Waals surface area contributed by atoms with Gasteiger partial charge in [0.2, 0.25) is 0 Å². The van der Waals surface area contributed by atoms with E-state index >= 15 is 0 Å². The third-order valence-electron chi connectivity index (χ3n) is 5.30. The predicted molar refractivity (Wildman–Crippen MR) is 144 cm³/mol. The van der Waals surface area contributed by atoms with Gasteiger partial charge in [0.05, 0.1) is 5.35 Å². The molecular formula is C28H38N4O3. The van der Waals surface area contributed by atoms with Gasteiger partial charge in [-0.05, 0) is 72.5 Å². The first kappa shape index (κ1) is 27.8. The molecule has 2 N–H and O–H groups in total. The Morgan fingerprint density at radius 1 is 1.26 bits per heavy atom. The largest absolute Gasteiger partial charge is 0.383 e. The highest BCUT2D eigenvalue weighted by Gasteiger charge is 2.20. The summed E-state index contributed by atoms with van der Waals surface area (Å²) in [5.41, 5.74) is 3.87. The first-order chi connectivity index (χ1) is 16.5. The Labute approximate surface area is 207 Å². The fourth-order valence-corrected chi connectivity index (χ4v) is 3.42. The maximum atomic E-state index is 13.2. The Balaban J connectivity index is 0.00000137. The van der Waals surface area contributed by atoms with Crippen LogP contribution in [-0.2, 0) is 7.05 Å². The van der Waals surface area contributed by atoms with Crippen molar-refractivity contribution < 1.29 is 9.63 Å². The van der Waals surface area contributed by atoms with Crippen molar-refractivity contribution >= 4 is 23.8 Å². The lowest BCUT2D eigenvalue weighted by Crippen LogP contribution is -2.42. The van der Waals surface area contributed by atoms with Crippen LogP contribution in [0.2, 0.25) is 0 Å². The molecule has 1 unspecified atom stereocenters. The number of pyridine rings is 1. The number of nitrogens with zero attached hydrogens (tertiary/aromatic N) is 3. The number of rotatable bonds is 6. The average molecular weight is 479 g/mol. The molecule has 0 saturated heterocycles. The van der Waals surface area contributed by atoms with E-state index in [1.165, 1.54) is 6.42 Å². The summed E-state index contributed by atoms with van der Waals surface area (Å²) in [4.78, 5) is 17.4. The van der Waals surface area contributed by atoms with Crippen LogP contribution < -0.4 is 21.4 Å². The second-order valence-corrected chi connectivity index (χ2v) is 9.05. The van der Waals surface area contributed by atoms with Gasteiger partial charge in [-0.3, -0.25) is 4.79 Å². The Bertz CT molecular complexity index is 1350. The standard InChI is InChI=1S/C25H30N4O3.C3H8/c1-8-17-12-20(24(31)29(7)21(17)11-14(2)3)19-13-18(10-9-16(19)6)26-25-27-23(32-28-25)22(30)15(4)5;1-3-2/h8-13,15,22,30H,2H2,1,3-7H3,(H,26,28);3H2,1-2H3/b17-8-,21-11+;. The van der Waals surface area contributed by atoms with E-state index < -0.39 is 6.10 Å². The maximum absolute atomic E-state index is 13.2. The molecule has 0 saturated carbocycles. The lowest BCUT2D eigenvalue weighted by Gasteiger charge is -2.11. The van der Waals surface area contributed by atoms with Gasteiger partial charge in [0.25, 0.3) is 17.4 Å². The molecular weight excluding hydrogens is 440 g/mol. The summed E-state index contributed by atoms with van der Waals surface area (Å²) in [5.74, 6) is 0.368. The molecule has 0 aliphatic rings. The lowest BCUT2D eigenvalue weighted by atomic mass is 10.00. The molecule has 7 nitrogen and oxygen atoms in total. The zero-order valence-corrected chi connectivity index (χ0v) is 22.1. The van der Waals surface area contributed by atoms with Crippen LogP contribution in [0, 0.1) is 12.8 Å². The summed E-state index contributed by atoms with van der Waals surface area (Å²) in [7, 11) is 1.77. The van der Waals surface area contributed by atoms with Crippen LogP contribution in [0.5, 0.6) is 0 Å². The van der Waals surface area contributed by atoms with Crippen molar-refractivity contribution in [3.05, 3.63) is 68.8 Å². The molecule has 35 heavy (non-hydrogen) atoms. The Kier molecular flexibility index (Phi) is 9.78. The summed E-state index contributed by atoms with van der Waals surface area (Å²) in [5, 5.41) is 18.9. The monoisotopic (exact) mass is 478 g/mol. The minimum atomic E-state index is -0.826. The first-order valence-electron chi connectivity index (χ1n) is 12.0. The molecule has 0 spiro atoms. The molecule has 0 bridgehead atoms. The number of hydrogen-bond donors (Lipinski definition) is 2. The molecule has 0 aliphatic carbocycles. The summed E-state index contributed by atoms with van der Waals surface area (Å²) in [6, 6.07) is 7.62. The number of nitrogens with one attached hydrogen (secondary N) is 1. The molecule has 2 aromatic heterocycles. The molecule has 3 aromatic rings. The molecule has 1 aromatic carbocycles. The van der Waals surface area contributed by atoms with Crippen molar-refractivity contribution in [3.63, 3.8) is 0 Å². The highest BCUT2D eigenvalue weighted by atomic mass is 16.5. The van der Waals surface area contributed by atoms with Crippen molar-refractivity contribution in [3.8, 4) is 11.1 Å². The third kappa shape index (κ3) is 6.79. The topological polar surface area (TPSA) is 93.2 Å². The van der Waals surface area contributed by atoms with Crippen LogP contribution in [-0.4, -0.2) is 19.8 Å². The zero-order chi connectivity index (χ0) is 26.3. The first-order valence-corrected chi connectivity index (χ1v) is 12.0. The highest BCUT2D eigenvalue weighted by Crippen LogP contribution is 2.26. The number of benzene rings is 1. The number of hydrogen-bond acceptors (Lipinski definition) is 6. The van der Waals surface area contributed by atoms with E-state index in [1.54, 1.807) is 11.6 Å². The molecule has 0 amide bonds. The summed E-state index contributed by atoms with van der Waals surface area (Å²) >= 11 is 0. The van der Waals surface area contributed by atoms with Crippen molar-refractivity contribution in [2.75, 3.05) is 5.32 Å². The SMILES string of the molecule is C=C(C)/C=c1\c(=C/C)cc(-c2cc(Nc3noc(C(O)C(C)C)n3)ccc2C)c(=O)n1C.CCC. The van der Waals surface area contributed by atoms with E-state index in [2.05, 4.69) is 35.9 Å². The molecule has 0 radical (unpaired) electrons. The Morgan fingerprint density at radius 3 is 2.49 bits per heavy atom. The van der Waals surface area contributed by atoms with Crippen LogP contribution in [0.3, 0.4) is 0 Å². The molecule has 2 heterocycles. The lowest BCUT2D eigenvalue weighted by molar-refractivity contribution is 0.0896. The minimum Gasteiger partial charge on any atom is -0.383 e. The quantitative estimate of drug-likeness (QED) is 0.531. The number of anilines is 2. The van der Waals surface area contributed by atoms with Crippen LogP contribution in [0.4, 0.5) is 11.6 Å². The van der Waals surface area contributed by atoms with Crippen LogP contribution in [0.15, 0.2) is 45.7 Å². The Hall–Kier alpha value is -3.45. The molecule has 0 aliphatic heterocycles. The second-order valence-electron chi connectivity index (χ2n) is 9.05. The van der Waals surface area contributed by atoms with Crippen molar-refractivity contribution in [1.82, 2.24) is 14.7 Å². The molecule has 7 heteroatoms. The number of aryl methyl sites for hydroxylation is 1. The number of allylic oxidation sites excluding steroid dienone is 1. The number of aliphatic hydroxyl groups is 1. The van der Waals surface area contributed by atoms with Gasteiger partial charge in [0.15, 0.2) is 0 Å². The maximum Gasteiger partial charge on any atom is 0.267 e. The van der Waals surface area contributed by atoms with Gasteiger partial charge in [0.1, 0.15) is 6.10 Å². The smallest absolute Gasteiger partial charge is 0.267 e. The van der Waals surface area contributed by atoms with E-state index in [0.29, 0.717) is 11.3 Å². The summed E-state index contributed by atoms with van der Waals surface area (Å²) in [6.45, 7) is 17.7. The van der Waals surface area contributed by atoms with Gasteiger partial charge in [-0.1, -0.05) is 58.4 Å². The number of aliphatic hydroxyl groups excluding tert-OH is 1. The fourth-order valence-electron chi connectivity index (χ4n) is 3.42. The van der Waals surface area contributed by atoms with Gasteiger partial charge in [-0.25, -0.2) is 0 Å². The van der Waals surface area contributed by atoms with Crippen molar-refractivity contribution in [1.29, 1.82) is 0 Å². The zero-order valence-electron chi connectivity index (χ0n) is 22.1. The van der Waals surface area contributed by atoms with E-state index in [-0.39, 0.29) is 23.3 Å². The van der Waals surface area contributed by atoms with Crippen molar-refractivity contribution in [2.24, 2.45) is 13.0 Å². The molecule has 1 atom stereocenters. The van der Waals surface area contributed by atoms with Crippen LogP contribution in [0.25, 0.3) is 23.3 Å². The Morgan fingerprint density at radius 2 is 1.91 bits per heavy atom. The predicted octanol–water partition coefficient (Wildman–Crippen LogP) is 4.75. The fraction of sp³-hybridized carbons (Fsp3) is 0.393.